The van der Waals surface area contributed by atoms with E-state index in [4.69, 9.17) is 6.58 Å². The largest absolute Gasteiger partial charge is 1.00 e. The molecule has 0 atom stereocenters. The molecule has 50 valence electrons. The van der Waals surface area contributed by atoms with Gasteiger partial charge in [-0.1, -0.05) is 0 Å². The molecule has 1 N–H and O–H groups in total. The van der Waals surface area contributed by atoms with Gasteiger partial charge >= 0.3 is 51.4 Å². The zero-order valence-electron chi connectivity index (χ0n) is 6.76. The average molecular weight is 162 g/mol. The van der Waals surface area contributed by atoms with Crippen LogP contribution in [0.2, 0.25) is 0 Å². The molecule has 3 heteroatoms. The first-order valence-electron chi connectivity index (χ1n) is 2.42. The SMILES string of the molecule is [CH-]=Cc1[nH+]ccn1C.[CH3-].[K+]. The van der Waals surface area contributed by atoms with Crippen molar-refractivity contribution in [1.29, 1.82) is 0 Å². The van der Waals surface area contributed by atoms with Crippen molar-refractivity contribution in [2.75, 3.05) is 0 Å². The summed E-state index contributed by atoms with van der Waals surface area (Å²) in [5.41, 5.74) is 0. The molecular weight excluding hydrogens is 151 g/mol. The third kappa shape index (κ3) is 3.12. The molecule has 0 spiro atoms. The molecule has 0 aliphatic heterocycles. The average Bonchev–Trinajstić information content (AvgIpc) is 2.14. The van der Waals surface area contributed by atoms with Crippen molar-refractivity contribution < 1.29 is 56.4 Å². The van der Waals surface area contributed by atoms with E-state index in [0.29, 0.717) is 0 Å². The second-order valence-corrected chi connectivity index (χ2v) is 1.62. The number of hydrogen-bond acceptors (Lipinski definition) is 0. The number of rotatable bonds is 1. The molecule has 1 aromatic heterocycles. The van der Waals surface area contributed by atoms with E-state index in [1.54, 1.807) is 0 Å². The van der Waals surface area contributed by atoms with Crippen molar-refractivity contribution in [3.8, 4) is 0 Å². The number of H-pyrrole nitrogens is 1. The predicted octanol–water partition coefficient (Wildman–Crippen LogP) is -2.26. The van der Waals surface area contributed by atoms with E-state index in [2.05, 4.69) is 4.98 Å². The van der Waals surface area contributed by atoms with Crippen LogP contribution in [0.3, 0.4) is 0 Å². The van der Waals surface area contributed by atoms with Crippen LogP contribution in [0.5, 0.6) is 0 Å². The van der Waals surface area contributed by atoms with Gasteiger partial charge in [-0.25, -0.2) is 0 Å². The Hall–Kier alpha value is 0.586. The second kappa shape index (κ2) is 6.31. The van der Waals surface area contributed by atoms with Gasteiger partial charge in [-0.05, 0) is 0 Å². The predicted molar refractivity (Wildman–Crippen MR) is 37.1 cm³/mol. The first-order chi connectivity index (χ1) is 3.84. The minimum atomic E-state index is 0. The summed E-state index contributed by atoms with van der Waals surface area (Å²) < 4.78 is 1.90. The fraction of sp³-hybridized carbons (Fsp3) is 0.143. The number of imidazole rings is 1. The second-order valence-electron chi connectivity index (χ2n) is 1.62. The maximum atomic E-state index is 5.22. The number of nitrogens with zero attached hydrogens (tertiary/aromatic N) is 1. The fourth-order valence-electron chi connectivity index (χ4n) is 0.582. The summed E-state index contributed by atoms with van der Waals surface area (Å²) in [5.74, 6) is 0.921. The number of hydrogen-bond donors (Lipinski definition) is 0. The van der Waals surface area contributed by atoms with Gasteiger partial charge in [-0.15, -0.1) is 0 Å². The molecule has 0 fully saturated rings. The van der Waals surface area contributed by atoms with Crippen molar-refractivity contribution in [1.82, 2.24) is 4.57 Å². The van der Waals surface area contributed by atoms with Crippen LogP contribution in [0.1, 0.15) is 5.82 Å². The topological polar surface area (TPSA) is 19.1 Å². The van der Waals surface area contributed by atoms with E-state index in [1.165, 1.54) is 6.08 Å². The van der Waals surface area contributed by atoms with Gasteiger partial charge in [0.05, 0.1) is 7.05 Å². The summed E-state index contributed by atoms with van der Waals surface area (Å²) in [4.78, 5) is 2.94. The normalized spacial score (nSPS) is 7.30. The van der Waals surface area contributed by atoms with Gasteiger partial charge in [0, 0.05) is 0 Å². The molecule has 2 nitrogen and oxygen atoms in total. The minimum absolute atomic E-state index is 0. The van der Waals surface area contributed by atoms with Gasteiger partial charge in [0.2, 0.25) is 0 Å². The fourth-order valence-corrected chi connectivity index (χ4v) is 0.582. The van der Waals surface area contributed by atoms with E-state index < -0.39 is 0 Å². The van der Waals surface area contributed by atoms with Gasteiger partial charge in [-0.3, -0.25) is 6.58 Å². The van der Waals surface area contributed by atoms with E-state index in [0.717, 1.165) is 5.82 Å². The van der Waals surface area contributed by atoms with Gasteiger partial charge in [0.1, 0.15) is 18.2 Å². The quantitative estimate of drug-likeness (QED) is 0.328. The number of aromatic nitrogens is 2. The van der Waals surface area contributed by atoms with Crippen molar-refractivity contribution in [2.24, 2.45) is 7.05 Å². The Labute approximate surface area is 105 Å². The molecular formula is C7H11KN2. The third-order valence-corrected chi connectivity index (χ3v) is 1.07. The van der Waals surface area contributed by atoms with Crippen molar-refractivity contribution in [3.05, 3.63) is 32.2 Å². The van der Waals surface area contributed by atoms with Gasteiger partial charge in [0.15, 0.2) is 0 Å². The Morgan fingerprint density at radius 3 is 2.50 bits per heavy atom. The first-order valence-corrected chi connectivity index (χ1v) is 2.42. The zero-order valence-corrected chi connectivity index (χ0v) is 9.88. The van der Waals surface area contributed by atoms with Crippen LogP contribution < -0.4 is 56.4 Å². The summed E-state index contributed by atoms with van der Waals surface area (Å²) in [6.07, 6.45) is 5.26. The molecule has 0 bridgehead atoms. The van der Waals surface area contributed by atoms with Crippen LogP contribution in [0, 0.1) is 14.0 Å². The molecule has 0 saturated carbocycles. The molecule has 1 aromatic rings. The number of aromatic amines is 1. The van der Waals surface area contributed by atoms with Gasteiger partial charge in [-0.2, -0.15) is 6.08 Å². The molecule has 0 unspecified atom stereocenters. The van der Waals surface area contributed by atoms with Crippen molar-refractivity contribution >= 4 is 6.08 Å². The van der Waals surface area contributed by atoms with Crippen LogP contribution in [0.25, 0.3) is 6.08 Å². The smallest absolute Gasteiger partial charge is 0.358 e. The monoisotopic (exact) mass is 162 g/mol. The summed E-state index contributed by atoms with van der Waals surface area (Å²) in [6, 6.07) is 0. The Kier molecular flexibility index (Phi) is 8.32. The van der Waals surface area contributed by atoms with E-state index >= 15 is 0 Å². The maximum absolute atomic E-state index is 5.22. The van der Waals surface area contributed by atoms with Crippen molar-refractivity contribution in [2.45, 2.75) is 0 Å². The number of nitrogens with one attached hydrogen (secondary N) is 1. The summed E-state index contributed by atoms with van der Waals surface area (Å²) >= 11 is 0. The Morgan fingerprint density at radius 2 is 2.30 bits per heavy atom. The van der Waals surface area contributed by atoms with Crippen LogP contribution in [-0.4, -0.2) is 4.57 Å². The third-order valence-electron chi connectivity index (χ3n) is 1.07. The zero-order chi connectivity index (χ0) is 5.98. The molecule has 0 amide bonds. The maximum Gasteiger partial charge on any atom is 1.00 e. The molecule has 10 heavy (non-hydrogen) atoms. The van der Waals surface area contributed by atoms with E-state index in [9.17, 15) is 0 Å². The van der Waals surface area contributed by atoms with Crippen LogP contribution in [-0.2, 0) is 7.05 Å². The van der Waals surface area contributed by atoms with Gasteiger partial charge in [0.25, 0.3) is 0 Å². The van der Waals surface area contributed by atoms with E-state index in [-0.39, 0.29) is 58.8 Å². The molecule has 0 radical (unpaired) electrons. The number of aryl methyl sites for hydroxylation is 1. The summed E-state index contributed by atoms with van der Waals surface area (Å²) in [7, 11) is 1.93. The summed E-state index contributed by atoms with van der Waals surface area (Å²) in [5, 5.41) is 0. The Balaban J connectivity index is 0. The molecule has 1 heterocycles. The molecule has 0 aliphatic carbocycles. The van der Waals surface area contributed by atoms with E-state index in [1.807, 2.05) is 24.0 Å². The van der Waals surface area contributed by atoms with Crippen LogP contribution in [0.15, 0.2) is 12.4 Å². The van der Waals surface area contributed by atoms with Crippen LogP contribution >= 0.6 is 0 Å². The van der Waals surface area contributed by atoms with Gasteiger partial charge < -0.3 is 17.0 Å². The molecule has 0 aliphatic rings. The molecule has 1 rings (SSSR count). The Bertz CT molecular complexity index is 193. The minimum Gasteiger partial charge on any atom is -0.358 e. The summed E-state index contributed by atoms with van der Waals surface area (Å²) in [6.45, 7) is 5.22. The first kappa shape index (κ1) is 13.2. The molecule has 0 aromatic carbocycles. The Morgan fingerprint density at radius 1 is 1.70 bits per heavy atom. The standard InChI is InChI=1S/C6H7N2.CH3.K/c1-3-6-7-4-5-8(6)2;;/h1,3-5H,2H3;1H3;/q2*-1;+1/p+1. The van der Waals surface area contributed by atoms with Crippen molar-refractivity contribution in [3.63, 3.8) is 0 Å². The van der Waals surface area contributed by atoms with Crippen LogP contribution in [0.4, 0.5) is 0 Å². The molecule has 0 saturated heterocycles.